The predicted octanol–water partition coefficient (Wildman–Crippen LogP) is 2.85. The first-order valence-corrected chi connectivity index (χ1v) is 10.6. The van der Waals surface area contributed by atoms with E-state index in [-0.39, 0.29) is 18.4 Å². The van der Waals surface area contributed by atoms with Crippen LogP contribution in [0.1, 0.15) is 18.4 Å². The lowest BCUT2D eigenvalue weighted by molar-refractivity contribution is -0.120. The molecule has 8 heteroatoms. The first-order chi connectivity index (χ1) is 12.5. The monoisotopic (exact) mass is 389 g/mol. The van der Waals surface area contributed by atoms with Crippen LogP contribution in [0.3, 0.4) is 0 Å². The van der Waals surface area contributed by atoms with Crippen LogP contribution in [0.4, 0.5) is 5.69 Å². The van der Waals surface area contributed by atoms with Crippen molar-refractivity contribution in [3.63, 3.8) is 0 Å². The zero-order valence-corrected chi connectivity index (χ0v) is 15.7. The van der Waals surface area contributed by atoms with E-state index in [0.29, 0.717) is 35.7 Å². The highest BCUT2D eigenvalue weighted by atomic mass is 32.2. The molecule has 2 aromatic rings. The zero-order valence-electron chi connectivity index (χ0n) is 14.1. The number of anilines is 1. The molecule has 1 aromatic heterocycles. The van der Waals surface area contributed by atoms with E-state index in [1.54, 1.807) is 41.8 Å². The van der Waals surface area contributed by atoms with Crippen LogP contribution in [0.15, 0.2) is 46.0 Å². The molecule has 1 N–H and O–H groups in total. The summed E-state index contributed by atoms with van der Waals surface area (Å²) < 4.78 is 27.0. The Balaban J connectivity index is 1.65. The number of carbonyl (C=O) groups excluding carboxylic acids is 1. The minimum atomic E-state index is -3.53. The maximum atomic E-state index is 12.7. The van der Waals surface area contributed by atoms with Gasteiger partial charge in [0, 0.05) is 18.8 Å². The van der Waals surface area contributed by atoms with Gasteiger partial charge in [0.2, 0.25) is 5.91 Å². The van der Waals surface area contributed by atoms with E-state index in [9.17, 15) is 13.2 Å². The summed E-state index contributed by atoms with van der Waals surface area (Å²) >= 11 is 1.19. The second-order valence-corrected chi connectivity index (χ2v) is 9.27. The number of thiophene rings is 1. The third-order valence-electron chi connectivity index (χ3n) is 4.35. The number of carbonyl (C=O) groups is 1. The Hall–Kier alpha value is -2.21. The molecule has 0 radical (unpaired) electrons. The van der Waals surface area contributed by atoms with Crippen molar-refractivity contribution in [2.45, 2.75) is 23.5 Å². The van der Waals surface area contributed by atoms with Gasteiger partial charge in [0.15, 0.2) is 0 Å². The molecule has 6 nitrogen and oxygen atoms in total. The average molecular weight is 390 g/mol. The van der Waals surface area contributed by atoms with E-state index in [1.165, 1.54) is 15.6 Å². The minimum Gasteiger partial charge on any atom is -0.326 e. The first-order valence-electron chi connectivity index (χ1n) is 8.31. The Kier molecular flexibility index (Phi) is 5.71. The van der Waals surface area contributed by atoms with Gasteiger partial charge in [-0.25, -0.2) is 8.42 Å². The normalized spacial score (nSPS) is 18.2. The van der Waals surface area contributed by atoms with Gasteiger partial charge in [-0.1, -0.05) is 18.2 Å². The molecular weight excluding hydrogens is 370 g/mol. The molecule has 136 valence electrons. The van der Waals surface area contributed by atoms with E-state index in [0.717, 1.165) is 5.56 Å². The van der Waals surface area contributed by atoms with Crippen molar-refractivity contribution in [1.82, 2.24) is 4.31 Å². The average Bonchev–Trinajstić information content (AvgIpc) is 3.19. The van der Waals surface area contributed by atoms with Crippen LogP contribution in [0.25, 0.3) is 0 Å². The summed E-state index contributed by atoms with van der Waals surface area (Å²) in [7, 11) is -3.53. The van der Waals surface area contributed by atoms with Crippen molar-refractivity contribution in [2.24, 2.45) is 5.92 Å². The topological polar surface area (TPSA) is 90.3 Å². The van der Waals surface area contributed by atoms with E-state index in [4.69, 9.17) is 5.26 Å². The molecule has 1 aliphatic heterocycles. The van der Waals surface area contributed by atoms with Gasteiger partial charge in [-0.15, -0.1) is 11.3 Å². The lowest BCUT2D eigenvalue weighted by Gasteiger charge is -2.30. The first kappa shape index (κ1) is 18.6. The highest BCUT2D eigenvalue weighted by Crippen LogP contribution is 2.27. The van der Waals surface area contributed by atoms with Crippen LogP contribution in [0.5, 0.6) is 0 Å². The standard InChI is InChI=1S/C18H19N3O3S2/c19-10-9-14-5-7-16(8-6-14)20-18(22)15-3-1-11-21(13-15)26(23,24)17-4-2-12-25-17/h2,4-8,12,15H,1,3,9,11,13H2,(H,20,22). The highest BCUT2D eigenvalue weighted by Gasteiger charge is 2.33. The molecule has 0 spiro atoms. The Labute approximate surface area is 157 Å². The fraction of sp³-hybridized carbons (Fsp3) is 0.333. The molecule has 0 saturated carbocycles. The summed E-state index contributed by atoms with van der Waals surface area (Å²) in [6.45, 7) is 0.630. The maximum Gasteiger partial charge on any atom is 0.252 e. The molecule has 3 rings (SSSR count). The van der Waals surface area contributed by atoms with Gasteiger partial charge in [0.1, 0.15) is 4.21 Å². The summed E-state index contributed by atoms with van der Waals surface area (Å²) in [5.41, 5.74) is 1.53. The summed E-state index contributed by atoms with van der Waals surface area (Å²) in [5, 5.41) is 13.3. The van der Waals surface area contributed by atoms with Gasteiger partial charge in [-0.3, -0.25) is 4.79 Å². The fourth-order valence-electron chi connectivity index (χ4n) is 2.95. The van der Waals surface area contributed by atoms with E-state index in [2.05, 4.69) is 11.4 Å². The van der Waals surface area contributed by atoms with Crippen LogP contribution in [0.2, 0.25) is 0 Å². The van der Waals surface area contributed by atoms with Gasteiger partial charge in [0.25, 0.3) is 10.0 Å². The van der Waals surface area contributed by atoms with Gasteiger partial charge in [0.05, 0.1) is 18.4 Å². The van der Waals surface area contributed by atoms with Crippen molar-refractivity contribution in [1.29, 1.82) is 5.26 Å². The van der Waals surface area contributed by atoms with Gasteiger partial charge >= 0.3 is 0 Å². The minimum absolute atomic E-state index is 0.177. The van der Waals surface area contributed by atoms with Crippen molar-refractivity contribution in [3.8, 4) is 6.07 Å². The molecule has 1 amide bonds. The van der Waals surface area contributed by atoms with Gasteiger partial charge in [-0.2, -0.15) is 9.57 Å². The molecule has 0 bridgehead atoms. The van der Waals surface area contributed by atoms with Crippen LogP contribution < -0.4 is 5.32 Å². The van der Waals surface area contributed by atoms with Crippen LogP contribution in [0, 0.1) is 17.2 Å². The lowest BCUT2D eigenvalue weighted by atomic mass is 9.98. The number of rotatable bonds is 5. The van der Waals surface area contributed by atoms with E-state index in [1.807, 2.05) is 0 Å². The number of nitrogens with zero attached hydrogens (tertiary/aromatic N) is 2. The molecule has 1 atom stereocenters. The maximum absolute atomic E-state index is 12.7. The predicted molar refractivity (Wildman–Crippen MR) is 100 cm³/mol. The van der Waals surface area contributed by atoms with Crippen LogP contribution in [-0.2, 0) is 21.2 Å². The van der Waals surface area contributed by atoms with Crippen molar-refractivity contribution >= 4 is 33.0 Å². The Morgan fingerprint density at radius 2 is 2.08 bits per heavy atom. The number of hydrogen-bond acceptors (Lipinski definition) is 5. The molecule has 1 aromatic carbocycles. The number of hydrogen-bond donors (Lipinski definition) is 1. The Morgan fingerprint density at radius 3 is 2.73 bits per heavy atom. The van der Waals surface area contributed by atoms with Crippen molar-refractivity contribution < 1.29 is 13.2 Å². The molecular formula is C18H19N3O3S2. The number of sulfonamides is 1. The summed E-state index contributed by atoms with van der Waals surface area (Å²) in [4.78, 5) is 12.6. The third-order valence-corrected chi connectivity index (χ3v) is 7.59. The second kappa shape index (κ2) is 7.99. The van der Waals surface area contributed by atoms with Gasteiger partial charge < -0.3 is 5.32 Å². The summed E-state index contributed by atoms with van der Waals surface area (Å²) in [6.07, 6.45) is 1.64. The summed E-state index contributed by atoms with van der Waals surface area (Å²) in [6, 6.07) is 12.5. The number of nitrogens with one attached hydrogen (secondary N) is 1. The lowest BCUT2D eigenvalue weighted by Crippen LogP contribution is -2.43. The molecule has 26 heavy (non-hydrogen) atoms. The molecule has 1 fully saturated rings. The number of nitriles is 1. The molecule has 0 aliphatic carbocycles. The van der Waals surface area contributed by atoms with Crippen molar-refractivity contribution in [3.05, 3.63) is 47.3 Å². The molecule has 1 saturated heterocycles. The highest BCUT2D eigenvalue weighted by molar-refractivity contribution is 7.91. The SMILES string of the molecule is N#CCc1ccc(NC(=O)C2CCCN(S(=O)(=O)c3cccs3)C2)cc1. The van der Waals surface area contributed by atoms with E-state index < -0.39 is 10.0 Å². The van der Waals surface area contributed by atoms with Crippen molar-refractivity contribution in [2.75, 3.05) is 18.4 Å². The fourth-order valence-corrected chi connectivity index (χ4v) is 5.62. The largest absolute Gasteiger partial charge is 0.326 e. The van der Waals surface area contributed by atoms with E-state index >= 15 is 0 Å². The molecule has 1 aliphatic rings. The Morgan fingerprint density at radius 1 is 1.31 bits per heavy atom. The quantitative estimate of drug-likeness (QED) is 0.851. The molecule has 2 heterocycles. The Bertz CT molecular complexity index is 900. The number of amides is 1. The zero-order chi connectivity index (χ0) is 18.6. The molecule has 1 unspecified atom stereocenters. The second-order valence-electron chi connectivity index (χ2n) is 6.16. The smallest absolute Gasteiger partial charge is 0.252 e. The number of piperidine rings is 1. The summed E-state index contributed by atoms with van der Waals surface area (Å²) in [5.74, 6) is -0.554. The number of benzene rings is 1. The van der Waals surface area contributed by atoms with Gasteiger partial charge in [-0.05, 0) is 42.0 Å². The van der Waals surface area contributed by atoms with Crippen LogP contribution in [-0.4, -0.2) is 31.7 Å². The third kappa shape index (κ3) is 4.12. The van der Waals surface area contributed by atoms with Crippen LogP contribution >= 0.6 is 11.3 Å².